The van der Waals surface area contributed by atoms with Gasteiger partial charge in [-0.2, -0.15) is 0 Å². The number of hydrogen-bond donors (Lipinski definition) is 1. The topological polar surface area (TPSA) is 51.8 Å². The molecular formula is C4H5ClIN3. The summed E-state index contributed by atoms with van der Waals surface area (Å²) in [6, 6.07) is 1.79. The van der Waals surface area contributed by atoms with Gasteiger partial charge in [-0.3, -0.25) is 0 Å². The largest absolute Gasteiger partial charge is 0.368 e. The van der Waals surface area contributed by atoms with Gasteiger partial charge in [-0.15, -0.1) is 12.4 Å². The van der Waals surface area contributed by atoms with Crippen molar-refractivity contribution in [1.82, 2.24) is 9.97 Å². The molecule has 1 rings (SSSR count). The molecule has 0 atom stereocenters. The minimum absolute atomic E-state index is 0. The third-order valence-corrected chi connectivity index (χ3v) is 1.24. The number of rotatable bonds is 0. The number of nitrogens with two attached hydrogens (primary N) is 1. The Kier molecular flexibility index (Phi) is 3.79. The van der Waals surface area contributed by atoms with E-state index in [0.29, 0.717) is 5.95 Å². The molecule has 3 nitrogen and oxygen atoms in total. The Morgan fingerprint density at radius 1 is 1.56 bits per heavy atom. The van der Waals surface area contributed by atoms with Gasteiger partial charge in [-0.05, 0) is 28.7 Å². The second-order valence-electron chi connectivity index (χ2n) is 1.24. The molecule has 0 aromatic carbocycles. The average Bonchev–Trinajstić information content (AvgIpc) is 1.64. The molecule has 0 saturated heterocycles. The molecule has 1 heterocycles. The van der Waals surface area contributed by atoms with Crippen molar-refractivity contribution in [3.05, 3.63) is 16.0 Å². The van der Waals surface area contributed by atoms with E-state index < -0.39 is 0 Å². The number of hydrogen-bond acceptors (Lipinski definition) is 3. The third-order valence-electron chi connectivity index (χ3n) is 0.640. The summed E-state index contributed by atoms with van der Waals surface area (Å²) in [7, 11) is 0. The summed E-state index contributed by atoms with van der Waals surface area (Å²) in [5.74, 6) is 0.330. The number of nitrogens with zero attached hydrogens (tertiary/aromatic N) is 2. The number of anilines is 1. The smallest absolute Gasteiger partial charge is 0.220 e. The summed E-state index contributed by atoms with van der Waals surface area (Å²) in [5.41, 5.74) is 5.23. The van der Waals surface area contributed by atoms with Gasteiger partial charge in [0, 0.05) is 6.20 Å². The second-order valence-corrected chi connectivity index (χ2v) is 2.34. The van der Waals surface area contributed by atoms with Crippen LogP contribution in [0.15, 0.2) is 12.3 Å². The highest BCUT2D eigenvalue weighted by atomic mass is 127. The van der Waals surface area contributed by atoms with Crippen LogP contribution < -0.4 is 5.73 Å². The third kappa shape index (κ3) is 2.81. The second kappa shape index (κ2) is 3.84. The van der Waals surface area contributed by atoms with Crippen molar-refractivity contribution < 1.29 is 0 Å². The van der Waals surface area contributed by atoms with Gasteiger partial charge in [0.1, 0.15) is 3.70 Å². The predicted octanol–water partition coefficient (Wildman–Crippen LogP) is 1.09. The molecule has 5 heteroatoms. The van der Waals surface area contributed by atoms with Crippen LogP contribution in [0.5, 0.6) is 0 Å². The van der Waals surface area contributed by atoms with E-state index in [-0.39, 0.29) is 12.4 Å². The molecule has 0 amide bonds. The Bertz CT molecular complexity index is 176. The van der Waals surface area contributed by atoms with E-state index in [1.54, 1.807) is 12.3 Å². The van der Waals surface area contributed by atoms with Crippen molar-refractivity contribution >= 4 is 40.9 Å². The highest BCUT2D eigenvalue weighted by Gasteiger charge is 1.85. The Labute approximate surface area is 72.6 Å². The molecule has 0 spiro atoms. The molecule has 0 aliphatic carbocycles. The van der Waals surface area contributed by atoms with E-state index in [4.69, 9.17) is 5.73 Å². The van der Waals surface area contributed by atoms with Gasteiger partial charge in [-0.1, -0.05) is 0 Å². The molecular weight excluding hydrogens is 252 g/mol. The van der Waals surface area contributed by atoms with Gasteiger partial charge in [0.15, 0.2) is 0 Å². The zero-order valence-corrected chi connectivity index (χ0v) is 7.39. The van der Waals surface area contributed by atoms with Crippen LogP contribution in [0.1, 0.15) is 0 Å². The van der Waals surface area contributed by atoms with Crippen LogP contribution in [0.4, 0.5) is 5.95 Å². The zero-order chi connectivity index (χ0) is 5.98. The number of aromatic nitrogens is 2. The summed E-state index contributed by atoms with van der Waals surface area (Å²) in [6.45, 7) is 0. The highest BCUT2D eigenvalue weighted by Crippen LogP contribution is 1.98. The lowest BCUT2D eigenvalue weighted by atomic mass is 10.7. The van der Waals surface area contributed by atoms with Crippen LogP contribution in [0.25, 0.3) is 0 Å². The molecule has 9 heavy (non-hydrogen) atoms. The van der Waals surface area contributed by atoms with Crippen molar-refractivity contribution in [2.24, 2.45) is 0 Å². The monoisotopic (exact) mass is 257 g/mol. The fourth-order valence-electron chi connectivity index (χ4n) is 0.351. The van der Waals surface area contributed by atoms with Gasteiger partial charge in [-0.25, -0.2) is 9.97 Å². The van der Waals surface area contributed by atoms with Gasteiger partial charge in [0.05, 0.1) is 0 Å². The number of nitrogen functional groups attached to an aromatic ring is 1. The molecule has 50 valence electrons. The van der Waals surface area contributed by atoms with Crippen LogP contribution in [0.3, 0.4) is 0 Å². The maximum atomic E-state index is 5.23. The lowest BCUT2D eigenvalue weighted by Crippen LogP contribution is -1.93. The Morgan fingerprint density at radius 2 is 2.22 bits per heavy atom. The van der Waals surface area contributed by atoms with Crippen molar-refractivity contribution in [3.8, 4) is 0 Å². The quantitative estimate of drug-likeness (QED) is 0.559. The first-order valence-electron chi connectivity index (χ1n) is 2.03. The molecule has 1 aromatic rings. The maximum Gasteiger partial charge on any atom is 0.220 e. The highest BCUT2D eigenvalue weighted by molar-refractivity contribution is 14.1. The SMILES string of the molecule is Cl.Nc1nccc(I)n1. The van der Waals surface area contributed by atoms with Gasteiger partial charge in [0.25, 0.3) is 0 Å². The van der Waals surface area contributed by atoms with E-state index in [1.807, 2.05) is 0 Å². The minimum Gasteiger partial charge on any atom is -0.368 e. The molecule has 0 aliphatic heterocycles. The predicted molar refractivity (Wildman–Crippen MR) is 46.4 cm³/mol. The normalized spacial score (nSPS) is 8.11. The van der Waals surface area contributed by atoms with E-state index >= 15 is 0 Å². The summed E-state index contributed by atoms with van der Waals surface area (Å²) in [4.78, 5) is 7.53. The maximum absolute atomic E-state index is 5.23. The summed E-state index contributed by atoms with van der Waals surface area (Å²) < 4.78 is 0.870. The van der Waals surface area contributed by atoms with Gasteiger partial charge < -0.3 is 5.73 Å². The summed E-state index contributed by atoms with van der Waals surface area (Å²) in [6.07, 6.45) is 1.63. The Morgan fingerprint density at radius 3 is 2.56 bits per heavy atom. The Balaban J connectivity index is 0.000000640. The first-order valence-corrected chi connectivity index (χ1v) is 3.11. The van der Waals surface area contributed by atoms with Crippen LogP contribution >= 0.6 is 35.0 Å². The first kappa shape index (κ1) is 8.90. The standard InChI is InChI=1S/C4H4IN3.ClH/c5-3-1-2-7-4(6)8-3;/h1-2H,(H2,6,7,8);1H. The van der Waals surface area contributed by atoms with Crippen LogP contribution in [-0.4, -0.2) is 9.97 Å². The average molecular weight is 257 g/mol. The molecule has 0 bridgehead atoms. The molecule has 0 radical (unpaired) electrons. The summed E-state index contributed by atoms with van der Waals surface area (Å²) in [5, 5.41) is 0. The van der Waals surface area contributed by atoms with E-state index in [2.05, 4.69) is 32.6 Å². The van der Waals surface area contributed by atoms with Crippen LogP contribution in [-0.2, 0) is 0 Å². The van der Waals surface area contributed by atoms with Crippen LogP contribution in [0.2, 0.25) is 0 Å². The lowest BCUT2D eigenvalue weighted by Gasteiger charge is -1.87. The molecule has 0 fully saturated rings. The lowest BCUT2D eigenvalue weighted by molar-refractivity contribution is 1.15. The first-order chi connectivity index (χ1) is 3.79. The van der Waals surface area contributed by atoms with Gasteiger partial charge >= 0.3 is 0 Å². The minimum atomic E-state index is 0. The van der Waals surface area contributed by atoms with E-state index in [1.165, 1.54) is 0 Å². The molecule has 0 saturated carbocycles. The summed E-state index contributed by atoms with van der Waals surface area (Å²) >= 11 is 2.07. The number of halogens is 2. The fourth-order valence-corrected chi connectivity index (χ4v) is 0.759. The zero-order valence-electron chi connectivity index (χ0n) is 4.41. The molecule has 0 unspecified atom stereocenters. The van der Waals surface area contributed by atoms with Crippen molar-refractivity contribution in [3.63, 3.8) is 0 Å². The van der Waals surface area contributed by atoms with Crippen molar-refractivity contribution in [1.29, 1.82) is 0 Å². The molecule has 0 aliphatic rings. The van der Waals surface area contributed by atoms with E-state index in [9.17, 15) is 0 Å². The fraction of sp³-hybridized carbons (Fsp3) is 0. The van der Waals surface area contributed by atoms with Crippen molar-refractivity contribution in [2.45, 2.75) is 0 Å². The molecule has 2 N–H and O–H groups in total. The van der Waals surface area contributed by atoms with Gasteiger partial charge in [0.2, 0.25) is 5.95 Å². The van der Waals surface area contributed by atoms with E-state index in [0.717, 1.165) is 3.70 Å². The Hall–Kier alpha value is -0.100. The molecule has 1 aromatic heterocycles. The van der Waals surface area contributed by atoms with Crippen LogP contribution in [0, 0.1) is 3.70 Å². The van der Waals surface area contributed by atoms with Crippen molar-refractivity contribution in [2.75, 3.05) is 5.73 Å².